The van der Waals surface area contributed by atoms with Crippen LogP contribution >= 0.6 is 23.4 Å². The van der Waals surface area contributed by atoms with Crippen LogP contribution in [-0.2, 0) is 26.0 Å². The molecule has 4 rings (SSSR count). The number of hydrogen-bond donors (Lipinski definition) is 0. The lowest BCUT2D eigenvalue weighted by Crippen LogP contribution is -2.39. The second-order valence-electron chi connectivity index (χ2n) is 7.03. The molecule has 0 amide bonds. The number of sulfone groups is 1. The molecule has 0 bridgehead atoms. The number of amidine groups is 1. The van der Waals surface area contributed by atoms with Crippen LogP contribution in [0.3, 0.4) is 0 Å². The van der Waals surface area contributed by atoms with Crippen molar-refractivity contribution in [3.63, 3.8) is 0 Å². The first kappa shape index (κ1) is 21.1. The Bertz CT molecular complexity index is 1100. The number of benzene rings is 2. The fourth-order valence-electron chi connectivity index (χ4n) is 3.47. The zero-order valence-corrected chi connectivity index (χ0v) is 18.1. The molecule has 0 spiro atoms. The maximum Gasteiger partial charge on any atom is 0.316 e. The Morgan fingerprint density at radius 3 is 2.73 bits per heavy atom. The van der Waals surface area contributed by atoms with Crippen molar-refractivity contribution < 1.29 is 22.3 Å². The summed E-state index contributed by atoms with van der Waals surface area (Å²) < 4.78 is 43.0. The van der Waals surface area contributed by atoms with Crippen molar-refractivity contribution in [1.29, 1.82) is 0 Å². The highest BCUT2D eigenvalue weighted by Gasteiger charge is 2.47. The normalized spacial score (nSPS) is 21.9. The highest BCUT2D eigenvalue weighted by Crippen LogP contribution is 2.36. The monoisotopic (exact) mass is 468 g/mol. The molecular weight excluding hydrogens is 451 g/mol. The zero-order chi connectivity index (χ0) is 21.3. The Labute approximate surface area is 183 Å². The predicted molar refractivity (Wildman–Crippen MR) is 116 cm³/mol. The first-order valence-electron chi connectivity index (χ1n) is 9.17. The van der Waals surface area contributed by atoms with E-state index in [4.69, 9.17) is 16.3 Å². The first-order valence-corrected chi connectivity index (χ1v) is 12.4. The Hall–Kier alpha value is -2.10. The van der Waals surface area contributed by atoms with E-state index in [1.165, 1.54) is 30.0 Å². The molecule has 2 aliphatic rings. The van der Waals surface area contributed by atoms with Gasteiger partial charge in [-0.3, -0.25) is 9.79 Å². The largest absolute Gasteiger partial charge is 0.460 e. The molecular formula is C20H18ClFN2O4S2. The Kier molecular flexibility index (Phi) is 6.04. The summed E-state index contributed by atoms with van der Waals surface area (Å²) in [5.74, 6) is -1.06. The van der Waals surface area contributed by atoms with E-state index < -0.39 is 33.7 Å². The number of fused-ring (bicyclic) bond motifs is 1. The number of ether oxygens (including phenoxy) is 1. The van der Waals surface area contributed by atoms with Crippen molar-refractivity contribution >= 4 is 50.0 Å². The molecule has 0 unspecified atom stereocenters. The third-order valence-electron chi connectivity index (χ3n) is 4.85. The lowest BCUT2D eigenvalue weighted by molar-refractivity contribution is -0.141. The average Bonchev–Trinajstić information content (AvgIpc) is 3.18. The average molecular weight is 469 g/mol. The third-order valence-corrected chi connectivity index (χ3v) is 7.78. The maximum atomic E-state index is 13.6. The van der Waals surface area contributed by atoms with Gasteiger partial charge in [0, 0.05) is 5.69 Å². The van der Waals surface area contributed by atoms with E-state index in [1.54, 1.807) is 4.90 Å². The molecule has 1 fully saturated rings. The van der Waals surface area contributed by atoms with Gasteiger partial charge in [0.05, 0.1) is 34.4 Å². The highest BCUT2D eigenvalue weighted by atomic mass is 35.5. The number of carbonyl (C=O) groups is 1. The Morgan fingerprint density at radius 1 is 1.23 bits per heavy atom. The quantitative estimate of drug-likeness (QED) is 0.627. The number of thioether (sulfide) groups is 1. The van der Waals surface area contributed by atoms with Gasteiger partial charge in [-0.2, -0.15) is 0 Å². The molecule has 0 aromatic heterocycles. The van der Waals surface area contributed by atoms with Gasteiger partial charge in [0.1, 0.15) is 12.4 Å². The van der Waals surface area contributed by atoms with Crippen molar-refractivity contribution in [3.05, 3.63) is 64.9 Å². The van der Waals surface area contributed by atoms with Crippen molar-refractivity contribution in [2.75, 3.05) is 22.2 Å². The Balaban J connectivity index is 1.47. The van der Waals surface area contributed by atoms with E-state index in [2.05, 4.69) is 4.99 Å². The summed E-state index contributed by atoms with van der Waals surface area (Å²) in [6, 6.07) is 12.7. The SMILES string of the molecule is O=C(CSC1=N[C@H]2CS(=O)(=O)C[C@H]2N1c1ccc(F)c(Cl)c1)OCc1ccccc1. The third kappa shape index (κ3) is 4.63. The van der Waals surface area contributed by atoms with E-state index in [-0.39, 0.29) is 28.9 Å². The van der Waals surface area contributed by atoms with Gasteiger partial charge in [0.2, 0.25) is 0 Å². The van der Waals surface area contributed by atoms with Crippen LogP contribution in [0.4, 0.5) is 10.1 Å². The second kappa shape index (κ2) is 8.56. The molecule has 30 heavy (non-hydrogen) atoms. The Morgan fingerprint density at radius 2 is 2.00 bits per heavy atom. The smallest absolute Gasteiger partial charge is 0.316 e. The fraction of sp³-hybridized carbons (Fsp3) is 0.300. The molecule has 2 atom stereocenters. The van der Waals surface area contributed by atoms with E-state index in [9.17, 15) is 17.6 Å². The fourth-order valence-corrected chi connectivity index (χ4v) is 6.41. The summed E-state index contributed by atoms with van der Waals surface area (Å²) in [6.45, 7) is 0.174. The lowest BCUT2D eigenvalue weighted by Gasteiger charge is -2.26. The van der Waals surface area contributed by atoms with Crippen molar-refractivity contribution in [2.45, 2.75) is 18.7 Å². The van der Waals surface area contributed by atoms with Crippen LogP contribution in [0.2, 0.25) is 5.02 Å². The molecule has 0 radical (unpaired) electrons. The van der Waals surface area contributed by atoms with E-state index in [1.807, 2.05) is 30.3 Å². The molecule has 2 aromatic carbocycles. The summed E-state index contributed by atoms with van der Waals surface area (Å²) in [5, 5.41) is 0.433. The molecule has 2 heterocycles. The van der Waals surface area contributed by atoms with Gasteiger partial charge in [-0.1, -0.05) is 53.7 Å². The van der Waals surface area contributed by atoms with Gasteiger partial charge in [0.25, 0.3) is 0 Å². The predicted octanol–water partition coefficient (Wildman–Crippen LogP) is 3.30. The number of aliphatic imine (C=N–C) groups is 1. The molecule has 0 N–H and O–H groups in total. The molecule has 10 heteroatoms. The van der Waals surface area contributed by atoms with Crippen LogP contribution in [0.5, 0.6) is 0 Å². The van der Waals surface area contributed by atoms with Crippen LogP contribution in [0.1, 0.15) is 5.56 Å². The molecule has 0 saturated carbocycles. The molecule has 2 aliphatic heterocycles. The summed E-state index contributed by atoms with van der Waals surface area (Å²) >= 11 is 7.09. The summed E-state index contributed by atoms with van der Waals surface area (Å²) in [7, 11) is -3.22. The van der Waals surface area contributed by atoms with Gasteiger partial charge in [-0.05, 0) is 23.8 Å². The maximum absolute atomic E-state index is 13.6. The topological polar surface area (TPSA) is 76.0 Å². The van der Waals surface area contributed by atoms with Gasteiger partial charge in [-0.25, -0.2) is 12.8 Å². The highest BCUT2D eigenvalue weighted by molar-refractivity contribution is 8.14. The molecule has 6 nitrogen and oxygen atoms in total. The second-order valence-corrected chi connectivity index (χ2v) is 10.5. The van der Waals surface area contributed by atoms with Crippen LogP contribution in [0.15, 0.2) is 53.5 Å². The minimum Gasteiger partial charge on any atom is -0.460 e. The standard InChI is InChI=1S/C20H18ClFN2O4S2/c21-15-8-14(6-7-16(15)22)24-18-12-30(26,27)11-17(18)23-20(24)29-10-19(25)28-9-13-4-2-1-3-5-13/h1-8,17-18H,9-12H2/t17-,18+/m0/s1. The van der Waals surface area contributed by atoms with E-state index in [0.717, 1.165) is 5.56 Å². The zero-order valence-electron chi connectivity index (χ0n) is 15.7. The summed E-state index contributed by atoms with van der Waals surface area (Å²) in [6.07, 6.45) is 0. The molecule has 2 aromatic rings. The number of rotatable bonds is 5. The van der Waals surface area contributed by atoms with Crippen LogP contribution in [0.25, 0.3) is 0 Å². The van der Waals surface area contributed by atoms with Gasteiger partial charge in [-0.15, -0.1) is 0 Å². The van der Waals surface area contributed by atoms with Crippen molar-refractivity contribution in [2.24, 2.45) is 4.99 Å². The van der Waals surface area contributed by atoms with Crippen molar-refractivity contribution in [1.82, 2.24) is 0 Å². The molecule has 1 saturated heterocycles. The summed E-state index contributed by atoms with van der Waals surface area (Å²) in [4.78, 5) is 18.4. The summed E-state index contributed by atoms with van der Waals surface area (Å²) in [5.41, 5.74) is 1.42. The first-order chi connectivity index (χ1) is 14.3. The number of carbonyl (C=O) groups excluding carboxylic acids is 1. The number of esters is 1. The number of anilines is 1. The minimum absolute atomic E-state index is 0.0171. The van der Waals surface area contributed by atoms with Crippen LogP contribution in [-0.4, -0.2) is 48.9 Å². The number of hydrogen-bond acceptors (Lipinski definition) is 7. The van der Waals surface area contributed by atoms with Crippen molar-refractivity contribution in [3.8, 4) is 0 Å². The van der Waals surface area contributed by atoms with Gasteiger partial charge < -0.3 is 9.64 Å². The minimum atomic E-state index is -3.22. The molecule has 0 aliphatic carbocycles. The van der Waals surface area contributed by atoms with Crippen LogP contribution in [0, 0.1) is 5.82 Å². The van der Waals surface area contributed by atoms with Gasteiger partial charge in [0.15, 0.2) is 15.0 Å². The molecule has 158 valence electrons. The lowest BCUT2D eigenvalue weighted by atomic mass is 10.1. The number of nitrogens with zero attached hydrogens (tertiary/aromatic N) is 2. The van der Waals surface area contributed by atoms with Gasteiger partial charge >= 0.3 is 5.97 Å². The van der Waals surface area contributed by atoms with E-state index >= 15 is 0 Å². The number of halogens is 2. The van der Waals surface area contributed by atoms with E-state index in [0.29, 0.717) is 10.9 Å². The van der Waals surface area contributed by atoms with Crippen LogP contribution < -0.4 is 4.90 Å².